The van der Waals surface area contributed by atoms with Crippen LogP contribution >= 0.6 is 0 Å². The van der Waals surface area contributed by atoms with Gasteiger partial charge in [0.1, 0.15) is 12.2 Å². The number of rotatable bonds is 7. The molecule has 1 aromatic heterocycles. The van der Waals surface area contributed by atoms with Crippen molar-refractivity contribution in [3.8, 4) is 0 Å². The quantitative estimate of drug-likeness (QED) is 0.754. The van der Waals surface area contributed by atoms with Crippen molar-refractivity contribution in [1.82, 2.24) is 5.16 Å². The molecule has 0 bridgehead atoms. The van der Waals surface area contributed by atoms with Gasteiger partial charge < -0.3 is 20.1 Å². The number of carbonyl (C=O) groups is 2. The zero-order valence-corrected chi connectivity index (χ0v) is 15.0. The summed E-state index contributed by atoms with van der Waals surface area (Å²) in [4.78, 5) is 26.2. The Morgan fingerprint density at radius 1 is 1.08 bits per heavy atom. The van der Waals surface area contributed by atoms with Gasteiger partial charge in [0.05, 0.1) is 0 Å². The van der Waals surface area contributed by atoms with E-state index in [1.807, 2.05) is 25.1 Å². The van der Waals surface area contributed by atoms with Crippen LogP contribution in [-0.4, -0.2) is 30.1 Å². The summed E-state index contributed by atoms with van der Waals surface area (Å²) in [6.07, 6.45) is -0.289. The van der Waals surface area contributed by atoms with Gasteiger partial charge in [-0.15, -0.1) is 0 Å². The fourth-order valence-electron chi connectivity index (χ4n) is 2.53. The van der Waals surface area contributed by atoms with Crippen molar-refractivity contribution in [1.29, 1.82) is 0 Å². The summed E-state index contributed by atoms with van der Waals surface area (Å²) in [5.41, 5.74) is 2.76. The number of aromatic nitrogens is 1. The van der Waals surface area contributed by atoms with Crippen LogP contribution in [0.3, 0.4) is 0 Å². The van der Waals surface area contributed by atoms with Gasteiger partial charge in [-0.2, -0.15) is 0 Å². The first-order valence-electron chi connectivity index (χ1n) is 8.31. The smallest absolute Gasteiger partial charge is 0.235 e. The summed E-state index contributed by atoms with van der Waals surface area (Å²) in [6, 6.07) is 7.44. The van der Waals surface area contributed by atoms with Crippen LogP contribution in [0.25, 0.3) is 0 Å². The van der Waals surface area contributed by atoms with E-state index in [9.17, 15) is 9.59 Å². The van der Waals surface area contributed by atoms with Gasteiger partial charge in [-0.05, 0) is 51.5 Å². The number of anilines is 3. The molecule has 7 nitrogen and oxygen atoms in total. The van der Waals surface area contributed by atoms with Gasteiger partial charge in [0.25, 0.3) is 0 Å². The predicted octanol–water partition coefficient (Wildman–Crippen LogP) is 3.10. The molecule has 25 heavy (non-hydrogen) atoms. The molecule has 134 valence electrons. The number of amides is 2. The minimum atomic E-state index is -0.441. The highest BCUT2D eigenvalue weighted by molar-refractivity contribution is 6.08. The van der Waals surface area contributed by atoms with Crippen molar-refractivity contribution in [2.45, 2.75) is 34.1 Å². The number of carbonyl (C=O) groups excluding carboxylic acids is 2. The largest absolute Gasteiger partial charge is 0.372 e. The van der Waals surface area contributed by atoms with E-state index in [1.165, 1.54) is 0 Å². The average Bonchev–Trinajstić information content (AvgIpc) is 2.95. The van der Waals surface area contributed by atoms with E-state index in [2.05, 4.69) is 34.5 Å². The zero-order chi connectivity index (χ0) is 18.4. The lowest BCUT2D eigenvalue weighted by atomic mass is 10.1. The first kappa shape index (κ1) is 18.5. The van der Waals surface area contributed by atoms with Crippen LogP contribution in [0, 0.1) is 13.8 Å². The van der Waals surface area contributed by atoms with Crippen LogP contribution in [-0.2, 0) is 9.59 Å². The van der Waals surface area contributed by atoms with Crippen molar-refractivity contribution < 1.29 is 14.1 Å². The van der Waals surface area contributed by atoms with Crippen molar-refractivity contribution in [3.63, 3.8) is 0 Å². The number of aryl methyl sites for hydroxylation is 2. The molecule has 2 N–H and O–H groups in total. The second-order valence-corrected chi connectivity index (χ2v) is 5.77. The molecule has 0 saturated carbocycles. The predicted molar refractivity (Wildman–Crippen MR) is 97.9 cm³/mol. The van der Waals surface area contributed by atoms with E-state index in [0.29, 0.717) is 17.3 Å². The Morgan fingerprint density at radius 2 is 1.76 bits per heavy atom. The molecule has 2 amide bonds. The standard InChI is InChI=1S/C18H24N4O3/c1-5-22(6-2)14-7-8-15(12(3)9-14)19-17(23)11-18(24)20-16-10-13(4)25-21-16/h7-10H,5-6,11H2,1-4H3,(H,19,23)(H,20,21,24). The van der Waals surface area contributed by atoms with Crippen molar-refractivity contribution in [2.75, 3.05) is 28.6 Å². The maximum Gasteiger partial charge on any atom is 0.235 e. The summed E-state index contributed by atoms with van der Waals surface area (Å²) in [6.45, 7) is 9.69. The minimum Gasteiger partial charge on any atom is -0.372 e. The Hall–Kier alpha value is -2.83. The van der Waals surface area contributed by atoms with Crippen LogP contribution in [0.2, 0.25) is 0 Å². The Kier molecular flexibility index (Phi) is 6.16. The fraction of sp³-hybridized carbons (Fsp3) is 0.389. The molecule has 1 aromatic carbocycles. The first-order chi connectivity index (χ1) is 11.9. The van der Waals surface area contributed by atoms with Gasteiger partial charge in [0.15, 0.2) is 5.82 Å². The van der Waals surface area contributed by atoms with E-state index in [-0.39, 0.29) is 12.3 Å². The number of nitrogens with one attached hydrogen (secondary N) is 2. The zero-order valence-electron chi connectivity index (χ0n) is 15.0. The van der Waals surface area contributed by atoms with Crippen molar-refractivity contribution in [3.05, 3.63) is 35.6 Å². The monoisotopic (exact) mass is 344 g/mol. The average molecular weight is 344 g/mol. The topological polar surface area (TPSA) is 87.5 Å². The molecule has 0 aliphatic carbocycles. The molecular weight excluding hydrogens is 320 g/mol. The summed E-state index contributed by atoms with van der Waals surface area (Å²) in [7, 11) is 0. The first-order valence-corrected chi connectivity index (χ1v) is 8.31. The van der Waals surface area contributed by atoms with Gasteiger partial charge in [-0.25, -0.2) is 0 Å². The molecule has 0 radical (unpaired) electrons. The fourth-order valence-corrected chi connectivity index (χ4v) is 2.53. The number of nitrogens with zero attached hydrogens (tertiary/aromatic N) is 2. The Morgan fingerprint density at radius 3 is 2.32 bits per heavy atom. The molecule has 0 atom stereocenters. The normalized spacial score (nSPS) is 10.4. The summed E-state index contributed by atoms with van der Waals surface area (Å²) >= 11 is 0. The number of hydrogen-bond acceptors (Lipinski definition) is 5. The van der Waals surface area contributed by atoms with E-state index in [4.69, 9.17) is 4.52 Å². The van der Waals surface area contributed by atoms with Gasteiger partial charge >= 0.3 is 0 Å². The molecule has 0 aliphatic heterocycles. The molecule has 0 unspecified atom stereocenters. The second kappa shape index (κ2) is 8.32. The minimum absolute atomic E-state index is 0.289. The third-order valence-electron chi connectivity index (χ3n) is 3.83. The lowest BCUT2D eigenvalue weighted by Gasteiger charge is -2.22. The molecule has 2 aromatic rings. The third-order valence-corrected chi connectivity index (χ3v) is 3.83. The molecule has 7 heteroatoms. The van der Waals surface area contributed by atoms with Gasteiger partial charge in [-0.1, -0.05) is 5.16 Å². The molecule has 0 spiro atoms. The summed E-state index contributed by atoms with van der Waals surface area (Å²) in [5.74, 6) is 0.0679. The Balaban J connectivity index is 1.94. The second-order valence-electron chi connectivity index (χ2n) is 5.77. The SMILES string of the molecule is CCN(CC)c1ccc(NC(=O)CC(=O)Nc2cc(C)on2)c(C)c1. The van der Waals surface area contributed by atoms with E-state index in [1.54, 1.807) is 13.0 Å². The Bertz CT molecular complexity index is 751. The molecule has 0 fully saturated rings. The van der Waals surface area contributed by atoms with Crippen LogP contribution < -0.4 is 15.5 Å². The van der Waals surface area contributed by atoms with Gasteiger partial charge in [0.2, 0.25) is 11.8 Å². The molecule has 0 aliphatic rings. The van der Waals surface area contributed by atoms with E-state index in [0.717, 1.165) is 24.3 Å². The number of hydrogen-bond donors (Lipinski definition) is 2. The van der Waals surface area contributed by atoms with Crippen LogP contribution in [0.5, 0.6) is 0 Å². The van der Waals surface area contributed by atoms with E-state index >= 15 is 0 Å². The van der Waals surface area contributed by atoms with Crippen LogP contribution in [0.4, 0.5) is 17.2 Å². The van der Waals surface area contributed by atoms with Crippen molar-refractivity contribution in [2.24, 2.45) is 0 Å². The van der Waals surface area contributed by atoms with Crippen LogP contribution in [0.15, 0.2) is 28.8 Å². The molecule has 2 rings (SSSR count). The van der Waals surface area contributed by atoms with Gasteiger partial charge in [0, 0.05) is 30.5 Å². The Labute approximate surface area is 147 Å². The highest BCUT2D eigenvalue weighted by Gasteiger charge is 2.13. The summed E-state index contributed by atoms with van der Waals surface area (Å²) < 4.78 is 4.86. The summed E-state index contributed by atoms with van der Waals surface area (Å²) in [5, 5.41) is 8.95. The van der Waals surface area contributed by atoms with Gasteiger partial charge in [-0.3, -0.25) is 9.59 Å². The maximum absolute atomic E-state index is 12.1. The molecular formula is C18H24N4O3. The van der Waals surface area contributed by atoms with Crippen molar-refractivity contribution >= 4 is 29.0 Å². The maximum atomic E-state index is 12.1. The molecule has 1 heterocycles. The third kappa shape index (κ3) is 5.07. The number of benzene rings is 1. The highest BCUT2D eigenvalue weighted by atomic mass is 16.5. The lowest BCUT2D eigenvalue weighted by Crippen LogP contribution is -2.23. The van der Waals surface area contributed by atoms with E-state index < -0.39 is 5.91 Å². The lowest BCUT2D eigenvalue weighted by molar-refractivity contribution is -0.123. The van der Waals surface area contributed by atoms with Crippen LogP contribution in [0.1, 0.15) is 31.6 Å². The molecule has 0 saturated heterocycles. The highest BCUT2D eigenvalue weighted by Crippen LogP contribution is 2.22.